The summed E-state index contributed by atoms with van der Waals surface area (Å²) in [6, 6.07) is 6.18. The Balaban J connectivity index is 1.95. The molecule has 1 aliphatic rings. The molecule has 0 aromatic carbocycles. The molecule has 0 spiro atoms. The maximum atomic E-state index is 4.70. The number of aromatic nitrogens is 2. The summed E-state index contributed by atoms with van der Waals surface area (Å²) in [6.45, 7) is 6.11. The average molecular weight is 260 g/mol. The lowest BCUT2D eigenvalue weighted by Crippen LogP contribution is -2.44. The molecule has 0 unspecified atom stereocenters. The molecule has 1 fully saturated rings. The zero-order valence-electron chi connectivity index (χ0n) is 10.4. The van der Waals surface area contributed by atoms with E-state index in [-0.39, 0.29) is 0 Å². The first-order valence-electron chi connectivity index (χ1n) is 6.18. The molecule has 0 saturated carbocycles. The first-order chi connectivity index (χ1) is 8.83. The minimum Gasteiger partial charge on any atom is -0.354 e. The number of aryl methyl sites for hydroxylation is 1. The normalized spacial score (nSPS) is 15.9. The van der Waals surface area contributed by atoms with E-state index >= 15 is 0 Å². The Kier molecular flexibility index (Phi) is 3.25. The Bertz CT molecular complexity index is 518. The highest BCUT2D eigenvalue weighted by Crippen LogP contribution is 2.24. The van der Waals surface area contributed by atoms with Gasteiger partial charge < -0.3 is 10.2 Å². The summed E-state index contributed by atoms with van der Waals surface area (Å²) < 4.78 is 0. The van der Waals surface area contributed by atoms with Crippen molar-refractivity contribution in [2.75, 3.05) is 31.1 Å². The topological polar surface area (TPSA) is 41.0 Å². The zero-order chi connectivity index (χ0) is 12.4. The van der Waals surface area contributed by atoms with E-state index in [1.54, 1.807) is 11.3 Å². The molecule has 5 heteroatoms. The van der Waals surface area contributed by atoms with Crippen LogP contribution in [0, 0.1) is 6.92 Å². The smallest absolute Gasteiger partial charge is 0.171 e. The maximum absolute atomic E-state index is 4.70. The van der Waals surface area contributed by atoms with Crippen molar-refractivity contribution in [3.05, 3.63) is 29.3 Å². The zero-order valence-corrected chi connectivity index (χ0v) is 11.2. The van der Waals surface area contributed by atoms with Crippen LogP contribution < -0.4 is 10.2 Å². The molecule has 2 aromatic rings. The van der Waals surface area contributed by atoms with Gasteiger partial charge in [-0.1, -0.05) is 6.07 Å². The van der Waals surface area contributed by atoms with E-state index in [4.69, 9.17) is 4.98 Å². The Morgan fingerprint density at radius 3 is 2.83 bits per heavy atom. The molecular formula is C13H16N4S. The lowest BCUT2D eigenvalue weighted by atomic mass is 10.3. The third kappa shape index (κ3) is 2.37. The van der Waals surface area contributed by atoms with Crippen LogP contribution in [0.4, 0.5) is 5.82 Å². The third-order valence-corrected chi connectivity index (χ3v) is 3.89. The Morgan fingerprint density at radius 2 is 2.11 bits per heavy atom. The third-order valence-electron chi connectivity index (χ3n) is 3.02. The Morgan fingerprint density at radius 1 is 1.28 bits per heavy atom. The molecule has 94 valence electrons. The van der Waals surface area contributed by atoms with E-state index < -0.39 is 0 Å². The molecule has 0 bridgehead atoms. The van der Waals surface area contributed by atoms with Gasteiger partial charge in [0.05, 0.1) is 4.88 Å². The fraction of sp³-hybridized carbons (Fsp3) is 0.385. The van der Waals surface area contributed by atoms with E-state index in [1.165, 1.54) is 0 Å². The number of hydrogen-bond donors (Lipinski definition) is 1. The van der Waals surface area contributed by atoms with Crippen molar-refractivity contribution in [2.45, 2.75) is 6.92 Å². The fourth-order valence-electron chi connectivity index (χ4n) is 2.12. The summed E-state index contributed by atoms with van der Waals surface area (Å²) in [5.74, 6) is 1.89. The Hall–Kier alpha value is -1.46. The van der Waals surface area contributed by atoms with Crippen LogP contribution in [-0.2, 0) is 0 Å². The van der Waals surface area contributed by atoms with Crippen molar-refractivity contribution in [1.82, 2.24) is 15.3 Å². The van der Waals surface area contributed by atoms with Crippen molar-refractivity contribution in [2.24, 2.45) is 0 Å². The molecule has 1 N–H and O–H groups in total. The SMILES string of the molecule is Cc1cc(N2CCNCC2)nc(-c2cccs2)n1. The van der Waals surface area contributed by atoms with Crippen LogP contribution in [0.5, 0.6) is 0 Å². The fourth-order valence-corrected chi connectivity index (χ4v) is 2.78. The molecule has 4 nitrogen and oxygen atoms in total. The van der Waals surface area contributed by atoms with Crippen LogP contribution in [0.3, 0.4) is 0 Å². The van der Waals surface area contributed by atoms with Gasteiger partial charge in [-0.3, -0.25) is 0 Å². The van der Waals surface area contributed by atoms with Crippen LogP contribution in [0.25, 0.3) is 10.7 Å². The summed E-state index contributed by atoms with van der Waals surface area (Å²) in [5, 5.41) is 5.42. The van der Waals surface area contributed by atoms with Crippen LogP contribution in [0.15, 0.2) is 23.6 Å². The summed E-state index contributed by atoms with van der Waals surface area (Å²) in [5.41, 5.74) is 1.03. The quantitative estimate of drug-likeness (QED) is 0.895. The first-order valence-corrected chi connectivity index (χ1v) is 7.06. The van der Waals surface area contributed by atoms with E-state index in [0.29, 0.717) is 0 Å². The number of thiophene rings is 1. The summed E-state index contributed by atoms with van der Waals surface area (Å²) in [4.78, 5) is 12.7. The lowest BCUT2D eigenvalue weighted by molar-refractivity contribution is 0.584. The molecular weight excluding hydrogens is 244 g/mol. The second kappa shape index (κ2) is 5.04. The predicted molar refractivity (Wildman–Crippen MR) is 75.2 cm³/mol. The summed E-state index contributed by atoms with van der Waals surface area (Å²) in [7, 11) is 0. The van der Waals surface area contributed by atoms with Crippen molar-refractivity contribution in [1.29, 1.82) is 0 Å². The molecule has 2 aromatic heterocycles. The summed E-state index contributed by atoms with van der Waals surface area (Å²) >= 11 is 1.68. The number of piperazine rings is 1. The van der Waals surface area contributed by atoms with Gasteiger partial charge in [-0.2, -0.15) is 0 Å². The van der Waals surface area contributed by atoms with Gasteiger partial charge in [-0.15, -0.1) is 11.3 Å². The molecule has 0 amide bonds. The van der Waals surface area contributed by atoms with Crippen molar-refractivity contribution in [3.63, 3.8) is 0 Å². The molecule has 0 aliphatic carbocycles. The number of rotatable bonds is 2. The average Bonchev–Trinajstić information content (AvgIpc) is 2.93. The molecule has 3 rings (SSSR count). The molecule has 0 radical (unpaired) electrons. The van der Waals surface area contributed by atoms with Crippen molar-refractivity contribution < 1.29 is 0 Å². The van der Waals surface area contributed by atoms with Crippen LogP contribution in [0.2, 0.25) is 0 Å². The minimum atomic E-state index is 0.846. The number of anilines is 1. The van der Waals surface area contributed by atoms with E-state index in [1.807, 2.05) is 13.0 Å². The molecule has 18 heavy (non-hydrogen) atoms. The Labute approximate surface area is 111 Å². The standard InChI is InChI=1S/C13H16N4S/c1-10-9-12(17-6-4-14-5-7-17)16-13(15-10)11-3-2-8-18-11/h2-3,8-9,14H,4-7H2,1H3. The molecule has 1 saturated heterocycles. The van der Waals surface area contributed by atoms with E-state index in [2.05, 4.69) is 32.7 Å². The molecule has 1 aliphatic heterocycles. The number of nitrogens with zero attached hydrogens (tertiary/aromatic N) is 3. The van der Waals surface area contributed by atoms with Crippen LogP contribution in [0.1, 0.15) is 5.69 Å². The largest absolute Gasteiger partial charge is 0.354 e. The second-order valence-corrected chi connectivity index (χ2v) is 5.35. The highest BCUT2D eigenvalue weighted by atomic mass is 32.1. The van der Waals surface area contributed by atoms with Crippen LogP contribution in [-0.4, -0.2) is 36.1 Å². The van der Waals surface area contributed by atoms with E-state index in [9.17, 15) is 0 Å². The van der Waals surface area contributed by atoms with Gasteiger partial charge in [-0.05, 0) is 18.4 Å². The van der Waals surface area contributed by atoms with Crippen molar-refractivity contribution in [3.8, 4) is 10.7 Å². The van der Waals surface area contributed by atoms with Gasteiger partial charge in [0.1, 0.15) is 5.82 Å². The monoisotopic (exact) mass is 260 g/mol. The van der Waals surface area contributed by atoms with Gasteiger partial charge in [-0.25, -0.2) is 9.97 Å². The second-order valence-electron chi connectivity index (χ2n) is 4.41. The molecule has 3 heterocycles. The van der Waals surface area contributed by atoms with Gasteiger partial charge in [0, 0.05) is 37.9 Å². The van der Waals surface area contributed by atoms with Crippen LogP contribution >= 0.6 is 11.3 Å². The van der Waals surface area contributed by atoms with Gasteiger partial charge >= 0.3 is 0 Å². The molecule has 0 atom stereocenters. The highest BCUT2D eigenvalue weighted by Gasteiger charge is 2.14. The lowest BCUT2D eigenvalue weighted by Gasteiger charge is -2.28. The van der Waals surface area contributed by atoms with E-state index in [0.717, 1.165) is 48.4 Å². The van der Waals surface area contributed by atoms with Gasteiger partial charge in [0.2, 0.25) is 0 Å². The first kappa shape index (κ1) is 11.6. The maximum Gasteiger partial charge on any atom is 0.171 e. The minimum absolute atomic E-state index is 0.846. The van der Waals surface area contributed by atoms with Gasteiger partial charge in [0.25, 0.3) is 0 Å². The predicted octanol–water partition coefficient (Wildman–Crippen LogP) is 1.92. The summed E-state index contributed by atoms with van der Waals surface area (Å²) in [6.07, 6.45) is 0. The highest BCUT2D eigenvalue weighted by molar-refractivity contribution is 7.13. The van der Waals surface area contributed by atoms with Crippen molar-refractivity contribution >= 4 is 17.2 Å². The number of hydrogen-bond acceptors (Lipinski definition) is 5. The number of nitrogens with one attached hydrogen (secondary N) is 1. The van der Waals surface area contributed by atoms with Gasteiger partial charge in [0.15, 0.2) is 5.82 Å².